The number of alkyl halides is 3. The first kappa shape index (κ1) is 14.2. The van der Waals surface area contributed by atoms with E-state index in [2.05, 4.69) is 0 Å². The van der Waals surface area contributed by atoms with Gasteiger partial charge in [-0.15, -0.1) is 0 Å². The lowest BCUT2D eigenvalue weighted by molar-refractivity contribution is -0.184. The molecule has 3 atom stereocenters. The van der Waals surface area contributed by atoms with Crippen LogP contribution in [0.4, 0.5) is 13.2 Å². The van der Waals surface area contributed by atoms with Gasteiger partial charge < -0.3 is 9.84 Å². The second-order valence-corrected chi connectivity index (χ2v) is 4.33. The molecule has 1 heterocycles. The summed E-state index contributed by atoms with van der Waals surface area (Å²) in [5, 5.41) is 8.79. The van der Waals surface area contributed by atoms with Gasteiger partial charge in [-0.25, -0.2) is 0 Å². The van der Waals surface area contributed by atoms with Crippen LogP contribution in [0.3, 0.4) is 0 Å². The molecule has 0 aromatic heterocycles. The van der Waals surface area contributed by atoms with Crippen molar-refractivity contribution in [1.82, 2.24) is 4.90 Å². The number of carboxylic acid groups (broad SMARTS) is 1. The van der Waals surface area contributed by atoms with Crippen LogP contribution in [0.1, 0.15) is 6.92 Å². The zero-order valence-electron chi connectivity index (χ0n) is 9.70. The number of rotatable bonds is 4. The van der Waals surface area contributed by atoms with Gasteiger partial charge in [0.05, 0.1) is 12.5 Å². The highest BCUT2D eigenvalue weighted by Crippen LogP contribution is 2.38. The van der Waals surface area contributed by atoms with Crippen LogP contribution in [0.25, 0.3) is 0 Å². The molecule has 100 valence electrons. The van der Waals surface area contributed by atoms with Gasteiger partial charge in [-0.3, -0.25) is 9.69 Å². The number of likely N-dealkylation sites (tertiary alicyclic amines) is 1. The van der Waals surface area contributed by atoms with Crippen LogP contribution in [0.2, 0.25) is 0 Å². The number of hydrogen-bond donors (Lipinski definition) is 1. The highest BCUT2D eigenvalue weighted by molar-refractivity contribution is 5.72. The van der Waals surface area contributed by atoms with Crippen LogP contribution in [0, 0.1) is 11.8 Å². The van der Waals surface area contributed by atoms with Crippen molar-refractivity contribution in [3.8, 4) is 0 Å². The molecule has 1 saturated heterocycles. The summed E-state index contributed by atoms with van der Waals surface area (Å²) in [5.41, 5.74) is 0. The van der Waals surface area contributed by atoms with Crippen LogP contribution < -0.4 is 0 Å². The molecule has 0 unspecified atom stereocenters. The van der Waals surface area contributed by atoms with Gasteiger partial charge in [0.15, 0.2) is 0 Å². The molecule has 1 aliphatic rings. The molecule has 1 fully saturated rings. The molecule has 0 aromatic carbocycles. The van der Waals surface area contributed by atoms with Crippen molar-refractivity contribution in [2.45, 2.75) is 19.1 Å². The minimum absolute atomic E-state index is 0.00693. The Hall–Kier alpha value is -0.820. The Balaban J connectivity index is 2.75. The van der Waals surface area contributed by atoms with Gasteiger partial charge in [0.1, 0.15) is 6.04 Å². The molecule has 0 amide bonds. The van der Waals surface area contributed by atoms with Gasteiger partial charge >= 0.3 is 12.1 Å². The zero-order valence-corrected chi connectivity index (χ0v) is 9.70. The van der Waals surface area contributed by atoms with Crippen molar-refractivity contribution < 1.29 is 27.8 Å². The van der Waals surface area contributed by atoms with Crippen molar-refractivity contribution in [3.05, 3.63) is 0 Å². The van der Waals surface area contributed by atoms with Gasteiger partial charge in [-0.05, 0) is 6.92 Å². The summed E-state index contributed by atoms with van der Waals surface area (Å²) >= 11 is 0. The Morgan fingerprint density at radius 1 is 1.53 bits per heavy atom. The fourth-order valence-electron chi connectivity index (χ4n) is 2.13. The maximum Gasteiger partial charge on any atom is 0.393 e. The third kappa shape index (κ3) is 3.32. The molecule has 1 N–H and O–H groups in total. The fraction of sp³-hybridized carbons (Fsp3) is 0.900. The molecule has 0 saturated carbocycles. The maximum absolute atomic E-state index is 12.7. The van der Waals surface area contributed by atoms with Crippen LogP contribution in [0.5, 0.6) is 0 Å². The van der Waals surface area contributed by atoms with E-state index < -0.39 is 30.0 Å². The van der Waals surface area contributed by atoms with Gasteiger partial charge in [0.2, 0.25) is 0 Å². The van der Waals surface area contributed by atoms with Crippen molar-refractivity contribution in [3.63, 3.8) is 0 Å². The number of ether oxygens (including phenoxy) is 1. The van der Waals surface area contributed by atoms with E-state index in [1.54, 1.807) is 0 Å². The summed E-state index contributed by atoms with van der Waals surface area (Å²) in [6.07, 6.45) is -4.31. The average Bonchev–Trinajstić information content (AvgIpc) is 2.60. The molecule has 0 aromatic rings. The Labute approximate surface area is 97.3 Å². The van der Waals surface area contributed by atoms with E-state index in [-0.39, 0.29) is 19.7 Å². The summed E-state index contributed by atoms with van der Waals surface area (Å²) in [6.45, 7) is 1.22. The number of carbonyl (C=O) groups is 1. The summed E-state index contributed by atoms with van der Waals surface area (Å²) < 4.78 is 43.0. The smallest absolute Gasteiger partial charge is 0.393 e. The van der Waals surface area contributed by atoms with Gasteiger partial charge in [-0.2, -0.15) is 13.2 Å². The number of aliphatic carboxylic acids is 1. The molecule has 17 heavy (non-hydrogen) atoms. The second-order valence-electron chi connectivity index (χ2n) is 4.33. The molecule has 4 nitrogen and oxygen atoms in total. The monoisotopic (exact) mass is 255 g/mol. The van der Waals surface area contributed by atoms with E-state index in [0.717, 1.165) is 0 Å². The fourth-order valence-corrected chi connectivity index (χ4v) is 2.13. The van der Waals surface area contributed by atoms with E-state index in [9.17, 15) is 18.0 Å². The molecule has 1 aliphatic heterocycles. The van der Waals surface area contributed by atoms with Gasteiger partial charge in [0.25, 0.3) is 0 Å². The molecular weight excluding hydrogens is 239 g/mol. The Morgan fingerprint density at radius 3 is 2.53 bits per heavy atom. The maximum atomic E-state index is 12.7. The van der Waals surface area contributed by atoms with E-state index in [1.165, 1.54) is 18.9 Å². The standard InChI is InChI=1S/C10H16F3NO3/c1-6(9(15)16)14-3-7(5-17-2)8(4-14)10(11,12)13/h6-8H,3-5H2,1-2H3,(H,15,16)/t6-,7+,8-/m1/s1. The quantitative estimate of drug-likeness (QED) is 0.820. The molecule has 0 radical (unpaired) electrons. The van der Waals surface area contributed by atoms with Crippen LogP contribution in [0.15, 0.2) is 0 Å². The second kappa shape index (κ2) is 5.22. The average molecular weight is 255 g/mol. The minimum Gasteiger partial charge on any atom is -0.480 e. The first-order valence-electron chi connectivity index (χ1n) is 5.30. The Morgan fingerprint density at radius 2 is 2.12 bits per heavy atom. The van der Waals surface area contributed by atoms with Gasteiger partial charge in [0, 0.05) is 26.1 Å². The van der Waals surface area contributed by atoms with Crippen LogP contribution in [-0.4, -0.2) is 55.0 Å². The van der Waals surface area contributed by atoms with Crippen LogP contribution in [-0.2, 0) is 9.53 Å². The highest BCUT2D eigenvalue weighted by atomic mass is 19.4. The normalized spacial score (nSPS) is 28.3. The highest BCUT2D eigenvalue weighted by Gasteiger charge is 2.50. The summed E-state index contributed by atoms with van der Waals surface area (Å²) in [5.74, 6) is -3.31. The first-order valence-corrected chi connectivity index (χ1v) is 5.30. The van der Waals surface area contributed by atoms with Crippen molar-refractivity contribution in [1.29, 1.82) is 0 Å². The lowest BCUT2D eigenvalue weighted by atomic mass is 9.96. The number of halogens is 3. The molecular formula is C10H16F3NO3. The Bertz CT molecular complexity index is 282. The number of carboxylic acids is 1. The van der Waals surface area contributed by atoms with Crippen molar-refractivity contribution >= 4 is 5.97 Å². The Kier molecular flexibility index (Phi) is 4.37. The largest absolute Gasteiger partial charge is 0.480 e. The summed E-state index contributed by atoms with van der Waals surface area (Å²) in [6, 6.07) is -0.901. The van der Waals surface area contributed by atoms with Gasteiger partial charge in [-0.1, -0.05) is 0 Å². The first-order chi connectivity index (χ1) is 7.77. The summed E-state index contributed by atoms with van der Waals surface area (Å²) in [4.78, 5) is 12.1. The topological polar surface area (TPSA) is 49.8 Å². The molecule has 7 heteroatoms. The third-order valence-corrected chi connectivity index (χ3v) is 3.18. The molecule has 0 bridgehead atoms. The molecule has 0 aliphatic carbocycles. The third-order valence-electron chi connectivity index (χ3n) is 3.18. The van der Waals surface area contributed by atoms with E-state index in [0.29, 0.717) is 0 Å². The summed E-state index contributed by atoms with van der Waals surface area (Å²) in [7, 11) is 1.34. The number of nitrogens with zero attached hydrogens (tertiary/aromatic N) is 1. The minimum atomic E-state index is -4.31. The lowest BCUT2D eigenvalue weighted by Gasteiger charge is -2.21. The van der Waals surface area contributed by atoms with E-state index >= 15 is 0 Å². The molecule has 0 spiro atoms. The zero-order chi connectivity index (χ0) is 13.2. The SMILES string of the molecule is COC[C@@H]1CN([C@H](C)C(=O)O)C[C@H]1C(F)(F)F. The lowest BCUT2D eigenvalue weighted by Crippen LogP contribution is -2.38. The number of hydrogen-bond acceptors (Lipinski definition) is 3. The number of methoxy groups -OCH3 is 1. The van der Waals surface area contributed by atoms with E-state index in [1.807, 2.05) is 0 Å². The predicted molar refractivity (Wildman–Crippen MR) is 53.6 cm³/mol. The van der Waals surface area contributed by atoms with Crippen molar-refractivity contribution in [2.75, 3.05) is 26.8 Å². The van der Waals surface area contributed by atoms with E-state index in [4.69, 9.17) is 9.84 Å². The van der Waals surface area contributed by atoms with Crippen LogP contribution >= 0.6 is 0 Å². The van der Waals surface area contributed by atoms with Crippen molar-refractivity contribution in [2.24, 2.45) is 11.8 Å². The predicted octanol–water partition coefficient (Wildman–Crippen LogP) is 1.22. The molecule has 1 rings (SSSR count).